The molecular weight excluding hydrogens is 316 g/mol. The molecule has 4 nitrogen and oxygen atoms in total. The first-order valence-electron chi connectivity index (χ1n) is 9.27. The van der Waals surface area contributed by atoms with E-state index in [1.54, 1.807) is 0 Å². The lowest BCUT2D eigenvalue weighted by atomic mass is 9.42. The van der Waals surface area contributed by atoms with Gasteiger partial charge in [-0.25, -0.2) is 0 Å². The van der Waals surface area contributed by atoms with E-state index in [9.17, 15) is 14.7 Å². The lowest BCUT2D eigenvalue weighted by Gasteiger charge is -2.61. The largest absolute Gasteiger partial charge is 0.468 e. The summed E-state index contributed by atoms with van der Waals surface area (Å²) >= 11 is 0. The van der Waals surface area contributed by atoms with Crippen molar-refractivity contribution in [3.8, 4) is 0 Å². The second-order valence-corrected chi connectivity index (χ2v) is 9.11. The van der Waals surface area contributed by atoms with Crippen LogP contribution in [0.4, 0.5) is 0 Å². The van der Waals surface area contributed by atoms with Crippen molar-refractivity contribution >= 4 is 11.8 Å². The van der Waals surface area contributed by atoms with E-state index >= 15 is 0 Å². The van der Waals surface area contributed by atoms with Gasteiger partial charge in [0.25, 0.3) is 0 Å². The summed E-state index contributed by atoms with van der Waals surface area (Å²) in [5.74, 6) is -0.605. The Morgan fingerprint density at radius 2 is 1.96 bits per heavy atom. The Labute approximate surface area is 150 Å². The number of fused-ring (bicyclic) bond motifs is 3. The van der Waals surface area contributed by atoms with Crippen LogP contribution >= 0.6 is 0 Å². The fourth-order valence-electron chi connectivity index (χ4n) is 5.72. The van der Waals surface area contributed by atoms with E-state index in [0.717, 1.165) is 12.8 Å². The van der Waals surface area contributed by atoms with Gasteiger partial charge in [-0.1, -0.05) is 39.3 Å². The zero-order valence-corrected chi connectivity index (χ0v) is 15.9. The van der Waals surface area contributed by atoms with Crippen LogP contribution in [-0.2, 0) is 14.3 Å². The number of allylic oxidation sites excluding steroid dienone is 2. The van der Waals surface area contributed by atoms with Crippen LogP contribution in [0, 0.1) is 22.2 Å². The molecule has 3 rings (SSSR count). The van der Waals surface area contributed by atoms with Crippen LogP contribution in [0.15, 0.2) is 24.3 Å². The number of methoxy groups -OCH3 is 1. The minimum Gasteiger partial charge on any atom is -0.468 e. The first kappa shape index (κ1) is 18.4. The van der Waals surface area contributed by atoms with Gasteiger partial charge < -0.3 is 9.84 Å². The van der Waals surface area contributed by atoms with Gasteiger partial charge in [-0.15, -0.1) is 6.58 Å². The van der Waals surface area contributed by atoms with E-state index < -0.39 is 11.0 Å². The molecule has 0 spiro atoms. The Kier molecular flexibility index (Phi) is 4.07. The molecule has 25 heavy (non-hydrogen) atoms. The molecule has 0 heterocycles. The number of Topliss-reactive ketones (excluding diaryl/α,β-unsaturated/α-hetero) is 1. The molecule has 0 amide bonds. The summed E-state index contributed by atoms with van der Waals surface area (Å²) < 4.78 is 5.21. The van der Waals surface area contributed by atoms with Crippen LogP contribution < -0.4 is 0 Å². The van der Waals surface area contributed by atoms with E-state index in [1.807, 2.05) is 19.1 Å². The molecule has 0 aromatic rings. The van der Waals surface area contributed by atoms with Crippen molar-refractivity contribution in [3.63, 3.8) is 0 Å². The van der Waals surface area contributed by atoms with Crippen LogP contribution in [-0.4, -0.2) is 29.6 Å². The first-order chi connectivity index (χ1) is 11.6. The highest BCUT2D eigenvalue weighted by Crippen LogP contribution is 2.65. The highest BCUT2D eigenvalue weighted by atomic mass is 16.5. The summed E-state index contributed by atoms with van der Waals surface area (Å²) in [4.78, 5) is 26.1. The number of carbonyl (C=O) groups excluding carboxylic acids is 2. The Morgan fingerprint density at radius 1 is 1.28 bits per heavy atom. The lowest BCUT2D eigenvalue weighted by Crippen LogP contribution is -2.68. The molecular formula is C21H30O4. The third kappa shape index (κ3) is 2.29. The SMILES string of the molecule is C=CC1(C)C=C2C(=O)CC3C(C)(C)CCCC3(C(=O)OC)C2(O)CC1. The van der Waals surface area contributed by atoms with Gasteiger partial charge in [0.2, 0.25) is 0 Å². The van der Waals surface area contributed by atoms with Gasteiger partial charge in [0.05, 0.1) is 7.11 Å². The number of hydrogen-bond donors (Lipinski definition) is 1. The van der Waals surface area contributed by atoms with Gasteiger partial charge in [-0.05, 0) is 37.0 Å². The molecule has 0 radical (unpaired) electrons. The van der Waals surface area contributed by atoms with Gasteiger partial charge in [0.15, 0.2) is 5.78 Å². The fraction of sp³-hybridized carbons (Fsp3) is 0.714. The highest BCUT2D eigenvalue weighted by molar-refractivity contribution is 6.02. The predicted octanol–water partition coefficient (Wildman–Crippen LogP) is 3.59. The molecule has 2 fully saturated rings. The van der Waals surface area contributed by atoms with Crippen molar-refractivity contribution in [2.45, 2.75) is 64.9 Å². The molecule has 3 aliphatic rings. The number of hydrogen-bond acceptors (Lipinski definition) is 4. The molecule has 0 aromatic heterocycles. The number of ketones is 1. The summed E-state index contributed by atoms with van der Waals surface area (Å²) in [5.41, 5.74) is -2.60. The van der Waals surface area contributed by atoms with E-state index in [4.69, 9.17) is 4.74 Å². The average molecular weight is 346 g/mol. The van der Waals surface area contributed by atoms with Crippen molar-refractivity contribution in [1.29, 1.82) is 0 Å². The van der Waals surface area contributed by atoms with E-state index in [0.29, 0.717) is 31.3 Å². The molecule has 1 N–H and O–H groups in total. The van der Waals surface area contributed by atoms with Gasteiger partial charge in [0.1, 0.15) is 11.0 Å². The van der Waals surface area contributed by atoms with Crippen molar-refractivity contribution in [3.05, 3.63) is 24.3 Å². The monoisotopic (exact) mass is 346 g/mol. The van der Waals surface area contributed by atoms with Crippen molar-refractivity contribution in [2.24, 2.45) is 22.2 Å². The van der Waals surface area contributed by atoms with Crippen LogP contribution in [0.5, 0.6) is 0 Å². The van der Waals surface area contributed by atoms with E-state index in [2.05, 4.69) is 20.4 Å². The van der Waals surface area contributed by atoms with E-state index in [-0.39, 0.29) is 28.5 Å². The maximum absolute atomic E-state index is 13.1. The van der Waals surface area contributed by atoms with E-state index in [1.165, 1.54) is 7.11 Å². The topological polar surface area (TPSA) is 63.6 Å². The predicted molar refractivity (Wildman–Crippen MR) is 95.8 cm³/mol. The molecule has 138 valence electrons. The van der Waals surface area contributed by atoms with Gasteiger partial charge in [0, 0.05) is 17.4 Å². The van der Waals surface area contributed by atoms with Crippen molar-refractivity contribution < 1.29 is 19.4 Å². The van der Waals surface area contributed by atoms with Gasteiger partial charge in [-0.3, -0.25) is 9.59 Å². The number of rotatable bonds is 2. The molecule has 3 aliphatic carbocycles. The zero-order chi connectivity index (χ0) is 18.7. The number of carbonyl (C=O) groups is 2. The summed E-state index contributed by atoms with van der Waals surface area (Å²) in [6, 6.07) is 0. The molecule has 0 bridgehead atoms. The molecule has 0 aliphatic heterocycles. The van der Waals surface area contributed by atoms with Gasteiger partial charge in [-0.2, -0.15) is 0 Å². The zero-order valence-electron chi connectivity index (χ0n) is 15.9. The lowest BCUT2D eigenvalue weighted by molar-refractivity contribution is -0.205. The Balaban J connectivity index is 2.25. The number of ether oxygens (including phenoxy) is 1. The molecule has 4 heteroatoms. The van der Waals surface area contributed by atoms with Crippen molar-refractivity contribution in [2.75, 3.05) is 7.11 Å². The average Bonchev–Trinajstić information content (AvgIpc) is 2.57. The third-order valence-electron chi connectivity index (χ3n) is 7.32. The fourth-order valence-corrected chi connectivity index (χ4v) is 5.72. The van der Waals surface area contributed by atoms with Crippen molar-refractivity contribution in [1.82, 2.24) is 0 Å². The smallest absolute Gasteiger partial charge is 0.315 e. The molecule has 4 unspecified atom stereocenters. The normalized spacial score (nSPS) is 42.7. The second-order valence-electron chi connectivity index (χ2n) is 9.11. The molecule has 4 atom stereocenters. The Hall–Kier alpha value is -1.42. The highest BCUT2D eigenvalue weighted by Gasteiger charge is 2.70. The van der Waals surface area contributed by atoms with Crippen LogP contribution in [0.2, 0.25) is 0 Å². The summed E-state index contributed by atoms with van der Waals surface area (Å²) in [6.45, 7) is 10.1. The maximum Gasteiger partial charge on any atom is 0.315 e. The Bertz CT molecular complexity index is 661. The number of esters is 1. The quantitative estimate of drug-likeness (QED) is 0.613. The maximum atomic E-state index is 13.1. The molecule has 2 saturated carbocycles. The third-order valence-corrected chi connectivity index (χ3v) is 7.32. The standard InChI is InChI=1S/C21H30O4/c1-6-19(4)10-11-21(24)14(13-19)15(22)12-16-18(2,3)8-7-9-20(16,21)17(23)25-5/h6,13,16,24H,1,7-12H2,2-5H3. The summed E-state index contributed by atoms with van der Waals surface area (Å²) in [6.07, 6.45) is 7.39. The van der Waals surface area contributed by atoms with Crippen LogP contribution in [0.25, 0.3) is 0 Å². The molecule has 0 saturated heterocycles. The summed E-state index contributed by atoms with van der Waals surface area (Å²) in [7, 11) is 1.38. The summed E-state index contributed by atoms with van der Waals surface area (Å²) in [5, 5.41) is 11.8. The minimum absolute atomic E-state index is 0.0326. The van der Waals surface area contributed by atoms with Crippen LogP contribution in [0.1, 0.15) is 59.3 Å². The Morgan fingerprint density at radius 3 is 2.56 bits per heavy atom. The number of aliphatic hydroxyl groups is 1. The first-order valence-corrected chi connectivity index (χ1v) is 9.27. The van der Waals surface area contributed by atoms with Crippen LogP contribution in [0.3, 0.4) is 0 Å². The molecule has 0 aromatic carbocycles. The van der Waals surface area contributed by atoms with Gasteiger partial charge >= 0.3 is 5.97 Å². The minimum atomic E-state index is -1.44. The second kappa shape index (κ2) is 5.54.